The van der Waals surface area contributed by atoms with Gasteiger partial charge in [0, 0.05) is 12.1 Å². The van der Waals surface area contributed by atoms with E-state index < -0.39 is 49.1 Å². The topological polar surface area (TPSA) is 71.4 Å². The summed E-state index contributed by atoms with van der Waals surface area (Å²) >= 11 is 0. The molecule has 1 aliphatic heterocycles. The molecule has 6 nitrogen and oxygen atoms in total. The minimum absolute atomic E-state index is 0.129. The van der Waals surface area contributed by atoms with Gasteiger partial charge < -0.3 is 29.3 Å². The number of β-amino-alcohol motifs (C(OH)–C–C–N with tert-alkyl or cyclic N) is 1. The quantitative estimate of drug-likeness (QED) is 0.323. The van der Waals surface area contributed by atoms with Crippen molar-refractivity contribution in [3.63, 3.8) is 0 Å². The highest BCUT2D eigenvalue weighted by molar-refractivity contribution is 5.80. The number of hydrogen-bond acceptors (Lipinski definition) is 6. The molecule has 2 atom stereocenters. The van der Waals surface area contributed by atoms with Crippen LogP contribution in [0.4, 0.5) is 36.4 Å². The highest BCUT2D eigenvalue weighted by Crippen LogP contribution is 2.46. The Hall–Kier alpha value is -3.71. The highest BCUT2D eigenvalue weighted by Gasteiger charge is 2.44. The first kappa shape index (κ1) is 28.3. The summed E-state index contributed by atoms with van der Waals surface area (Å²) < 4.78 is 105. The minimum atomic E-state index is -4.90. The second-order valence-corrected chi connectivity index (χ2v) is 8.58. The van der Waals surface area contributed by atoms with Gasteiger partial charge in [0.25, 0.3) is 0 Å². The maximum atomic E-state index is 13.5. The van der Waals surface area contributed by atoms with Crippen LogP contribution in [-0.4, -0.2) is 55.0 Å². The number of ether oxygens (including phenoxy) is 3. The molecule has 0 spiro atoms. The number of para-hydroxylation sites is 1. The molecule has 0 aliphatic carbocycles. The third-order valence-corrected chi connectivity index (χ3v) is 5.81. The Morgan fingerprint density at radius 3 is 2.26 bits per heavy atom. The molecule has 0 unspecified atom stereocenters. The van der Waals surface area contributed by atoms with Crippen molar-refractivity contribution >= 4 is 5.69 Å². The molecule has 0 aromatic heterocycles. The van der Waals surface area contributed by atoms with Crippen molar-refractivity contribution in [2.75, 3.05) is 24.7 Å². The Morgan fingerprint density at radius 2 is 1.59 bits per heavy atom. The summed E-state index contributed by atoms with van der Waals surface area (Å²) in [4.78, 5) is 1.61. The van der Waals surface area contributed by atoms with Gasteiger partial charge in [-0.05, 0) is 41.5 Å². The number of halogens is 7. The fraction of sp³-hybridized carbons (Fsp3) is 0.308. The van der Waals surface area contributed by atoms with Gasteiger partial charge >= 0.3 is 18.9 Å². The van der Waals surface area contributed by atoms with Crippen molar-refractivity contribution in [3.05, 3.63) is 72.3 Å². The summed E-state index contributed by atoms with van der Waals surface area (Å²) in [5.74, 6) is -0.725. The van der Waals surface area contributed by atoms with Crippen LogP contribution in [0.1, 0.15) is 11.6 Å². The Morgan fingerprint density at radius 1 is 0.923 bits per heavy atom. The van der Waals surface area contributed by atoms with Crippen LogP contribution < -0.4 is 19.1 Å². The number of hydrogen-bond donors (Lipinski definition) is 2. The van der Waals surface area contributed by atoms with E-state index in [4.69, 9.17) is 4.74 Å². The number of benzene rings is 3. The van der Waals surface area contributed by atoms with Crippen molar-refractivity contribution in [2.45, 2.75) is 31.0 Å². The third-order valence-electron chi connectivity index (χ3n) is 5.81. The van der Waals surface area contributed by atoms with Crippen LogP contribution in [0.2, 0.25) is 0 Å². The summed E-state index contributed by atoms with van der Waals surface area (Å²) in [6.07, 6.45) is -14.9. The zero-order valence-electron chi connectivity index (χ0n) is 19.9. The number of anilines is 1. The Balaban J connectivity index is 1.72. The summed E-state index contributed by atoms with van der Waals surface area (Å²) in [7, 11) is 0. The van der Waals surface area contributed by atoms with Crippen molar-refractivity contribution in [2.24, 2.45) is 0 Å². The van der Waals surface area contributed by atoms with Crippen LogP contribution >= 0.6 is 0 Å². The molecule has 210 valence electrons. The summed E-state index contributed by atoms with van der Waals surface area (Å²) in [6.45, 7) is -0.897. The first-order chi connectivity index (χ1) is 18.4. The molecule has 0 saturated heterocycles. The average molecular weight is 561 g/mol. The molecule has 4 rings (SSSR count). The second-order valence-electron chi connectivity index (χ2n) is 8.58. The molecular weight excluding hydrogens is 539 g/mol. The SMILES string of the molecule is OC[C@@H](O)CN1c2cccc(-c3cccc(OC(F)(F)F)c3)c2OC[C@H]1c1cccc(OC(F)(F)C(F)F)c1. The van der Waals surface area contributed by atoms with Crippen LogP contribution in [0.3, 0.4) is 0 Å². The molecule has 0 amide bonds. The standard InChI is InChI=1S/C26H22F7NO5/c27-24(28)25(29,30)38-18-6-2-5-16(11-18)22-14-37-23-20(8-3-9-21(23)34(22)12-17(36)13-35)15-4-1-7-19(10-15)39-26(31,32)33/h1-11,17,22,24,35-36H,12-14H2/t17-,22-/m0/s1. The molecule has 2 N–H and O–H groups in total. The normalized spacial score (nSPS) is 16.5. The fourth-order valence-electron chi connectivity index (χ4n) is 4.18. The predicted molar refractivity (Wildman–Crippen MR) is 125 cm³/mol. The number of fused-ring (bicyclic) bond motifs is 1. The highest BCUT2D eigenvalue weighted by atomic mass is 19.4. The van der Waals surface area contributed by atoms with Gasteiger partial charge in [-0.15, -0.1) is 13.2 Å². The number of nitrogens with zero attached hydrogens (tertiary/aromatic N) is 1. The zero-order valence-corrected chi connectivity index (χ0v) is 19.9. The molecule has 0 fully saturated rings. The largest absolute Gasteiger partial charge is 0.573 e. The lowest BCUT2D eigenvalue weighted by atomic mass is 9.98. The van der Waals surface area contributed by atoms with Gasteiger partial charge in [0.1, 0.15) is 18.1 Å². The van der Waals surface area contributed by atoms with E-state index in [9.17, 15) is 40.9 Å². The van der Waals surface area contributed by atoms with Gasteiger partial charge in [-0.1, -0.05) is 36.4 Å². The minimum Gasteiger partial charge on any atom is -0.488 e. The first-order valence-corrected chi connectivity index (χ1v) is 11.5. The lowest BCUT2D eigenvalue weighted by molar-refractivity contribution is -0.274. The molecule has 1 aliphatic rings. The van der Waals surface area contributed by atoms with Gasteiger partial charge in [-0.2, -0.15) is 17.6 Å². The second kappa shape index (κ2) is 11.2. The summed E-state index contributed by atoms with van der Waals surface area (Å²) in [5, 5.41) is 19.7. The monoisotopic (exact) mass is 561 g/mol. The van der Waals surface area contributed by atoms with Crippen molar-refractivity contribution in [3.8, 4) is 28.4 Å². The first-order valence-electron chi connectivity index (χ1n) is 11.5. The zero-order chi connectivity index (χ0) is 28.4. The lowest BCUT2D eigenvalue weighted by Gasteiger charge is -2.40. The van der Waals surface area contributed by atoms with Crippen LogP contribution in [0.5, 0.6) is 17.2 Å². The number of alkyl halides is 7. The van der Waals surface area contributed by atoms with E-state index in [1.54, 1.807) is 29.2 Å². The summed E-state index contributed by atoms with van der Waals surface area (Å²) in [5.41, 5.74) is 1.43. The van der Waals surface area contributed by atoms with Gasteiger partial charge in [0.15, 0.2) is 5.75 Å². The molecule has 0 radical (unpaired) electrons. The van der Waals surface area contributed by atoms with Crippen LogP contribution in [0.15, 0.2) is 66.7 Å². The van der Waals surface area contributed by atoms with Crippen molar-refractivity contribution in [1.82, 2.24) is 0 Å². The van der Waals surface area contributed by atoms with Gasteiger partial charge in [0.2, 0.25) is 0 Å². The molecule has 39 heavy (non-hydrogen) atoms. The van der Waals surface area contributed by atoms with E-state index in [0.29, 0.717) is 22.4 Å². The van der Waals surface area contributed by atoms with E-state index in [1.165, 1.54) is 24.3 Å². The fourth-order valence-corrected chi connectivity index (χ4v) is 4.18. The number of aliphatic hydroxyl groups excluding tert-OH is 2. The van der Waals surface area contributed by atoms with Gasteiger partial charge in [-0.25, -0.2) is 0 Å². The molecule has 3 aromatic carbocycles. The smallest absolute Gasteiger partial charge is 0.488 e. The molecule has 0 bridgehead atoms. The van der Waals surface area contributed by atoms with E-state index >= 15 is 0 Å². The summed E-state index contributed by atoms with van der Waals surface area (Å²) in [6, 6.07) is 14.3. The average Bonchev–Trinajstić information content (AvgIpc) is 2.87. The lowest BCUT2D eigenvalue weighted by Crippen LogP contribution is -2.42. The Labute approximate surface area is 217 Å². The number of rotatable bonds is 9. The molecule has 1 heterocycles. The van der Waals surface area contributed by atoms with Crippen molar-refractivity contribution in [1.29, 1.82) is 0 Å². The van der Waals surface area contributed by atoms with Crippen LogP contribution in [0, 0.1) is 0 Å². The van der Waals surface area contributed by atoms with Gasteiger partial charge in [0.05, 0.1) is 24.4 Å². The third kappa shape index (κ3) is 6.66. The Kier molecular flexibility index (Phi) is 8.12. The van der Waals surface area contributed by atoms with E-state index in [0.717, 1.165) is 18.2 Å². The molecule has 13 heteroatoms. The van der Waals surface area contributed by atoms with Crippen molar-refractivity contribution < 1.29 is 55.2 Å². The van der Waals surface area contributed by atoms with Crippen LogP contribution in [-0.2, 0) is 0 Å². The van der Waals surface area contributed by atoms with E-state index in [-0.39, 0.29) is 18.9 Å². The van der Waals surface area contributed by atoms with E-state index in [2.05, 4.69) is 9.47 Å². The maximum Gasteiger partial charge on any atom is 0.573 e. The Bertz CT molecular complexity index is 1290. The molecule has 0 saturated carbocycles. The molecule has 3 aromatic rings. The van der Waals surface area contributed by atoms with Crippen LogP contribution in [0.25, 0.3) is 11.1 Å². The van der Waals surface area contributed by atoms with Gasteiger partial charge in [-0.3, -0.25) is 0 Å². The maximum absolute atomic E-state index is 13.5. The molecular formula is C26H22F7NO5. The number of aliphatic hydroxyl groups is 2. The van der Waals surface area contributed by atoms with E-state index in [1.807, 2.05) is 0 Å². The predicted octanol–water partition coefficient (Wildman–Crippen LogP) is 5.78.